The van der Waals surface area contributed by atoms with Gasteiger partial charge in [0.05, 0.1) is 5.56 Å². The molecule has 0 radical (unpaired) electrons. The summed E-state index contributed by atoms with van der Waals surface area (Å²) >= 11 is 0. The standard InChI is InChI=1S/C26H20F3N3O.C3H6.CH2O2/c1-14(17-5-3-4-6-20(17)27)24-13-31-26(32-24)19-11-16(7-8-21(19)28)33-25-15(2)18-9-10-30-23(18)12-22(25)29;1-2-3-1;2-1-3/h3-14,30H,1-2H3,(H,31,32);1-3H2;1H,(H,2,3). The number of H-pyrrole nitrogens is 2. The van der Waals surface area contributed by atoms with Gasteiger partial charge in [-0.2, -0.15) is 0 Å². The van der Waals surface area contributed by atoms with E-state index in [2.05, 4.69) is 15.0 Å². The third-order valence-corrected chi connectivity index (χ3v) is 6.21. The molecule has 6 nitrogen and oxygen atoms in total. The number of aryl methyl sites for hydroxylation is 1. The second-order valence-electron chi connectivity index (χ2n) is 9.09. The molecule has 1 saturated carbocycles. The van der Waals surface area contributed by atoms with Crippen LogP contribution >= 0.6 is 0 Å². The Bertz CT molecular complexity index is 1570. The Labute approximate surface area is 223 Å². The van der Waals surface area contributed by atoms with Gasteiger partial charge in [-0.15, -0.1) is 0 Å². The molecule has 0 aliphatic heterocycles. The molecule has 2 aromatic heterocycles. The number of aromatic nitrogens is 3. The lowest BCUT2D eigenvalue weighted by molar-refractivity contribution is -0.122. The average Bonchev–Trinajstić information content (AvgIpc) is 3.59. The normalized spacial score (nSPS) is 12.5. The number of hydrogen-bond donors (Lipinski definition) is 3. The molecule has 0 bridgehead atoms. The van der Waals surface area contributed by atoms with Crippen LogP contribution in [0.25, 0.3) is 22.3 Å². The van der Waals surface area contributed by atoms with Gasteiger partial charge in [-0.05, 0) is 42.8 Å². The molecule has 5 aromatic rings. The number of benzene rings is 3. The van der Waals surface area contributed by atoms with Crippen LogP contribution in [0.1, 0.15) is 48.9 Å². The summed E-state index contributed by atoms with van der Waals surface area (Å²) in [5, 5.41) is 7.73. The summed E-state index contributed by atoms with van der Waals surface area (Å²) in [5.74, 6) is -1.04. The molecule has 9 heteroatoms. The summed E-state index contributed by atoms with van der Waals surface area (Å²) < 4.78 is 49.3. The van der Waals surface area contributed by atoms with E-state index >= 15 is 0 Å². The van der Waals surface area contributed by atoms with Crippen molar-refractivity contribution >= 4 is 17.4 Å². The van der Waals surface area contributed by atoms with Crippen molar-refractivity contribution in [2.45, 2.75) is 39.0 Å². The van der Waals surface area contributed by atoms with Crippen molar-refractivity contribution in [3.63, 3.8) is 0 Å². The Balaban J connectivity index is 0.000000530. The Morgan fingerprint density at radius 1 is 1.00 bits per heavy atom. The van der Waals surface area contributed by atoms with Crippen LogP contribution in [0.2, 0.25) is 0 Å². The highest BCUT2D eigenvalue weighted by Gasteiger charge is 2.19. The van der Waals surface area contributed by atoms with E-state index in [1.165, 1.54) is 49.6 Å². The number of fused-ring (bicyclic) bond motifs is 1. The van der Waals surface area contributed by atoms with E-state index in [-0.39, 0.29) is 41.1 Å². The fourth-order valence-electron chi connectivity index (χ4n) is 4.00. The molecule has 1 unspecified atom stereocenters. The third kappa shape index (κ3) is 6.49. The quantitative estimate of drug-likeness (QED) is 0.198. The lowest BCUT2D eigenvalue weighted by atomic mass is 9.98. The SMILES string of the molecule is C1CC1.Cc1c(Oc2ccc(F)c(-c3ncc(C(C)c4ccccc4F)[nH]3)c2)c(F)cc2[nH]ccc12.O=CO. The molecule has 6 rings (SSSR count). The first-order valence-corrected chi connectivity index (χ1v) is 12.4. The Morgan fingerprint density at radius 3 is 2.41 bits per heavy atom. The van der Waals surface area contributed by atoms with Gasteiger partial charge in [-0.25, -0.2) is 18.2 Å². The van der Waals surface area contributed by atoms with E-state index in [0.29, 0.717) is 22.3 Å². The van der Waals surface area contributed by atoms with Gasteiger partial charge >= 0.3 is 0 Å². The van der Waals surface area contributed by atoms with Crippen LogP contribution in [0, 0.1) is 24.4 Å². The first kappa shape index (κ1) is 27.5. The second-order valence-corrected chi connectivity index (χ2v) is 9.09. The first-order valence-electron chi connectivity index (χ1n) is 12.4. The van der Waals surface area contributed by atoms with Crippen molar-refractivity contribution in [3.05, 3.63) is 101 Å². The maximum absolute atomic E-state index is 14.7. The predicted octanol–water partition coefficient (Wildman–Crippen LogP) is 8.10. The summed E-state index contributed by atoms with van der Waals surface area (Å²) in [6.45, 7) is 3.36. The van der Waals surface area contributed by atoms with Crippen molar-refractivity contribution < 1.29 is 27.8 Å². The Morgan fingerprint density at radius 2 is 1.72 bits per heavy atom. The maximum Gasteiger partial charge on any atom is 0.290 e. The van der Waals surface area contributed by atoms with Gasteiger partial charge in [-0.3, -0.25) is 4.79 Å². The number of imidazole rings is 1. The van der Waals surface area contributed by atoms with Crippen LogP contribution < -0.4 is 4.74 Å². The van der Waals surface area contributed by atoms with E-state index in [1.54, 1.807) is 37.5 Å². The summed E-state index contributed by atoms with van der Waals surface area (Å²) in [5.41, 5.74) is 2.62. The first-order chi connectivity index (χ1) is 18.8. The Kier molecular flexibility index (Phi) is 8.70. The zero-order valence-corrected chi connectivity index (χ0v) is 21.5. The molecule has 3 aromatic carbocycles. The number of aromatic amines is 2. The maximum atomic E-state index is 14.7. The minimum atomic E-state index is -0.521. The van der Waals surface area contributed by atoms with E-state index in [9.17, 15) is 13.2 Å². The largest absolute Gasteiger partial charge is 0.483 e. The van der Waals surface area contributed by atoms with Gasteiger partial charge < -0.3 is 19.8 Å². The number of nitrogens with zero attached hydrogens (tertiary/aromatic N) is 1. The molecule has 1 aliphatic carbocycles. The Hall–Kier alpha value is -4.53. The monoisotopic (exact) mass is 535 g/mol. The van der Waals surface area contributed by atoms with E-state index in [4.69, 9.17) is 14.6 Å². The highest BCUT2D eigenvalue weighted by Crippen LogP contribution is 2.35. The third-order valence-electron chi connectivity index (χ3n) is 6.21. The van der Waals surface area contributed by atoms with Crippen molar-refractivity contribution in [2.24, 2.45) is 0 Å². The predicted molar refractivity (Wildman–Crippen MR) is 144 cm³/mol. The lowest BCUT2D eigenvalue weighted by Gasteiger charge is -2.12. The van der Waals surface area contributed by atoms with E-state index in [1.807, 2.05) is 13.0 Å². The van der Waals surface area contributed by atoms with E-state index < -0.39 is 11.6 Å². The fraction of sp³-hybridized carbons (Fsp3) is 0.200. The molecular weight excluding hydrogens is 507 g/mol. The molecule has 1 atom stereocenters. The van der Waals surface area contributed by atoms with Gasteiger partial charge in [0.2, 0.25) is 0 Å². The van der Waals surface area contributed by atoms with Gasteiger partial charge in [0.25, 0.3) is 6.47 Å². The second kappa shape index (κ2) is 12.3. The van der Waals surface area contributed by atoms with Gasteiger partial charge in [-0.1, -0.05) is 44.4 Å². The molecule has 0 amide bonds. The molecule has 39 heavy (non-hydrogen) atoms. The van der Waals surface area contributed by atoms with Gasteiger partial charge in [0, 0.05) is 46.5 Å². The van der Waals surface area contributed by atoms with Gasteiger partial charge in [0.15, 0.2) is 11.6 Å². The highest BCUT2D eigenvalue weighted by atomic mass is 19.1. The van der Waals surface area contributed by atoms with Crippen LogP contribution in [-0.2, 0) is 4.79 Å². The van der Waals surface area contributed by atoms with E-state index in [0.717, 1.165) is 5.39 Å². The number of nitrogens with one attached hydrogen (secondary N) is 2. The molecule has 3 N–H and O–H groups in total. The minimum Gasteiger partial charge on any atom is -0.483 e. The van der Waals surface area contributed by atoms with Crippen LogP contribution in [0.5, 0.6) is 11.5 Å². The van der Waals surface area contributed by atoms with Crippen molar-refractivity contribution in [1.82, 2.24) is 15.0 Å². The number of rotatable bonds is 5. The molecule has 2 heterocycles. The molecule has 0 saturated heterocycles. The number of carbonyl (C=O) groups is 1. The number of halogens is 3. The zero-order valence-electron chi connectivity index (χ0n) is 21.5. The smallest absolute Gasteiger partial charge is 0.290 e. The molecule has 0 spiro atoms. The molecule has 1 aliphatic rings. The van der Waals surface area contributed by atoms with Crippen LogP contribution in [-0.4, -0.2) is 26.5 Å². The minimum absolute atomic E-state index is 0.0768. The van der Waals surface area contributed by atoms with Crippen LogP contribution in [0.15, 0.2) is 67.0 Å². The van der Waals surface area contributed by atoms with Crippen molar-refractivity contribution in [1.29, 1.82) is 0 Å². The zero-order chi connectivity index (χ0) is 27.9. The summed E-state index contributed by atoms with van der Waals surface area (Å²) in [6, 6.07) is 13.8. The summed E-state index contributed by atoms with van der Waals surface area (Å²) in [6.07, 6.45) is 7.79. The average molecular weight is 536 g/mol. The topological polar surface area (TPSA) is 91.0 Å². The lowest BCUT2D eigenvalue weighted by Crippen LogP contribution is -1.99. The molecular formula is C30H28F3N3O3. The van der Waals surface area contributed by atoms with Crippen LogP contribution in [0.4, 0.5) is 13.2 Å². The molecule has 1 fully saturated rings. The van der Waals surface area contributed by atoms with Crippen LogP contribution in [0.3, 0.4) is 0 Å². The number of hydrogen-bond acceptors (Lipinski definition) is 3. The summed E-state index contributed by atoms with van der Waals surface area (Å²) in [4.78, 5) is 18.7. The van der Waals surface area contributed by atoms with Gasteiger partial charge in [0.1, 0.15) is 23.2 Å². The summed E-state index contributed by atoms with van der Waals surface area (Å²) in [7, 11) is 0. The van der Waals surface area contributed by atoms with Crippen molar-refractivity contribution in [2.75, 3.05) is 0 Å². The highest BCUT2D eigenvalue weighted by molar-refractivity contribution is 5.85. The number of carboxylic acid groups (broad SMARTS) is 1. The number of ether oxygens (including phenoxy) is 1. The fourth-order valence-corrected chi connectivity index (χ4v) is 4.00. The molecule has 202 valence electrons. The van der Waals surface area contributed by atoms with Crippen molar-refractivity contribution in [3.8, 4) is 22.9 Å².